The van der Waals surface area contributed by atoms with Gasteiger partial charge in [0.1, 0.15) is 5.75 Å². The molecule has 0 N–H and O–H groups in total. The van der Waals surface area contributed by atoms with Gasteiger partial charge in [0.05, 0.1) is 12.0 Å². The van der Waals surface area contributed by atoms with Crippen molar-refractivity contribution in [1.82, 2.24) is 15.0 Å². The van der Waals surface area contributed by atoms with E-state index in [0.717, 1.165) is 22.6 Å². The van der Waals surface area contributed by atoms with Crippen LogP contribution in [0.2, 0.25) is 0 Å². The third-order valence-corrected chi connectivity index (χ3v) is 5.30. The molecule has 1 unspecified atom stereocenters. The van der Waals surface area contributed by atoms with Crippen molar-refractivity contribution in [3.8, 4) is 28.6 Å². The van der Waals surface area contributed by atoms with E-state index >= 15 is 0 Å². The second-order valence-corrected chi connectivity index (χ2v) is 8.01. The van der Waals surface area contributed by atoms with E-state index < -0.39 is 0 Å². The topological polar surface area (TPSA) is 86.9 Å². The van der Waals surface area contributed by atoms with Crippen LogP contribution in [-0.2, 0) is 11.3 Å². The van der Waals surface area contributed by atoms with Crippen LogP contribution in [0.4, 0.5) is 0 Å². The summed E-state index contributed by atoms with van der Waals surface area (Å²) in [6.07, 6.45) is 0.469. The Labute approximate surface area is 179 Å². The van der Waals surface area contributed by atoms with Crippen molar-refractivity contribution in [3.63, 3.8) is 0 Å². The van der Waals surface area contributed by atoms with Crippen molar-refractivity contribution in [2.45, 2.75) is 38.8 Å². The maximum Gasteiger partial charge on any atom is 0.232 e. The molecule has 8 heteroatoms. The van der Waals surface area contributed by atoms with E-state index in [4.69, 9.17) is 18.7 Å². The molecule has 1 fully saturated rings. The average molecular weight is 421 g/mol. The Morgan fingerprint density at radius 1 is 1.13 bits per heavy atom. The molecule has 1 aromatic heterocycles. The van der Waals surface area contributed by atoms with Crippen molar-refractivity contribution >= 4 is 5.91 Å². The number of rotatable bonds is 6. The summed E-state index contributed by atoms with van der Waals surface area (Å²) in [5.74, 6) is 3.18. The van der Waals surface area contributed by atoms with E-state index in [2.05, 4.69) is 10.1 Å². The van der Waals surface area contributed by atoms with Crippen molar-refractivity contribution < 1.29 is 23.5 Å². The summed E-state index contributed by atoms with van der Waals surface area (Å²) in [6.45, 7) is 5.24. The normalized spacial score (nSPS) is 17.6. The molecule has 1 amide bonds. The van der Waals surface area contributed by atoms with Gasteiger partial charge in [-0.1, -0.05) is 11.2 Å². The highest BCUT2D eigenvalue weighted by Gasteiger charge is 2.34. The summed E-state index contributed by atoms with van der Waals surface area (Å²) in [6, 6.07) is 13.3. The minimum atomic E-state index is -0.119. The number of carbonyl (C=O) groups excluding carboxylic acids is 1. The summed E-state index contributed by atoms with van der Waals surface area (Å²) < 4.78 is 21.9. The zero-order chi connectivity index (χ0) is 21.4. The first-order valence-corrected chi connectivity index (χ1v) is 10.3. The summed E-state index contributed by atoms with van der Waals surface area (Å²) in [7, 11) is 0. The quantitative estimate of drug-likeness (QED) is 0.599. The Morgan fingerprint density at radius 3 is 2.74 bits per heavy atom. The van der Waals surface area contributed by atoms with E-state index in [1.165, 1.54) is 0 Å². The lowest BCUT2D eigenvalue weighted by molar-refractivity contribution is -0.128. The maximum absolute atomic E-state index is 12.6. The van der Waals surface area contributed by atoms with Gasteiger partial charge in [0.25, 0.3) is 0 Å². The van der Waals surface area contributed by atoms with Crippen LogP contribution in [0.15, 0.2) is 47.0 Å². The third kappa shape index (κ3) is 4.05. The number of ether oxygens (including phenoxy) is 3. The van der Waals surface area contributed by atoms with E-state index in [1.807, 2.05) is 61.2 Å². The zero-order valence-electron chi connectivity index (χ0n) is 17.4. The maximum atomic E-state index is 12.6. The van der Waals surface area contributed by atoms with Crippen LogP contribution < -0.4 is 14.2 Å². The Kier molecular flexibility index (Phi) is 4.97. The number of benzene rings is 2. The molecule has 8 nitrogen and oxygen atoms in total. The molecule has 1 atom stereocenters. The van der Waals surface area contributed by atoms with Gasteiger partial charge in [-0.15, -0.1) is 0 Å². The Hall–Kier alpha value is -3.55. The zero-order valence-corrected chi connectivity index (χ0v) is 17.4. The summed E-state index contributed by atoms with van der Waals surface area (Å²) in [5.41, 5.74) is 1.83. The molecule has 1 saturated heterocycles. The lowest BCUT2D eigenvalue weighted by Crippen LogP contribution is -2.24. The van der Waals surface area contributed by atoms with Gasteiger partial charge in [0.15, 0.2) is 11.5 Å². The van der Waals surface area contributed by atoms with Crippen LogP contribution in [0.1, 0.15) is 37.6 Å². The predicted octanol–water partition coefficient (Wildman–Crippen LogP) is 3.77. The first kappa shape index (κ1) is 19.4. The van der Waals surface area contributed by atoms with Gasteiger partial charge in [0.2, 0.25) is 24.4 Å². The second-order valence-electron chi connectivity index (χ2n) is 8.01. The smallest absolute Gasteiger partial charge is 0.232 e. The molecule has 2 aliphatic heterocycles. The summed E-state index contributed by atoms with van der Waals surface area (Å²) in [5, 5.41) is 4.11. The SMILES string of the molecule is CC(C)Oc1ccc(-c2noc(C3CC(=O)N(Cc4ccc5c(c4)OCO5)C3)n2)cc1. The molecule has 160 valence electrons. The van der Waals surface area contributed by atoms with Gasteiger partial charge < -0.3 is 23.6 Å². The molecule has 0 radical (unpaired) electrons. The molecule has 3 aromatic rings. The second kappa shape index (κ2) is 7.94. The molecule has 5 rings (SSSR count). The highest BCUT2D eigenvalue weighted by molar-refractivity contribution is 5.79. The van der Waals surface area contributed by atoms with Crippen molar-refractivity contribution in [1.29, 1.82) is 0 Å². The van der Waals surface area contributed by atoms with Crippen LogP contribution >= 0.6 is 0 Å². The fourth-order valence-corrected chi connectivity index (χ4v) is 3.82. The van der Waals surface area contributed by atoms with Crippen LogP contribution in [-0.4, -0.2) is 40.4 Å². The first-order valence-electron chi connectivity index (χ1n) is 10.3. The van der Waals surface area contributed by atoms with Gasteiger partial charge in [-0.05, 0) is 55.8 Å². The van der Waals surface area contributed by atoms with E-state index in [9.17, 15) is 4.79 Å². The highest BCUT2D eigenvalue weighted by Crippen LogP contribution is 2.34. The monoisotopic (exact) mass is 421 g/mol. The minimum absolute atomic E-state index is 0.0672. The van der Waals surface area contributed by atoms with Gasteiger partial charge in [-0.2, -0.15) is 4.98 Å². The number of nitrogens with zero attached hydrogens (tertiary/aromatic N) is 3. The van der Waals surface area contributed by atoms with Crippen LogP contribution in [0.3, 0.4) is 0 Å². The molecule has 3 heterocycles. The number of hydrogen-bond donors (Lipinski definition) is 0. The molecule has 0 aliphatic carbocycles. The lowest BCUT2D eigenvalue weighted by Gasteiger charge is -2.16. The fourth-order valence-electron chi connectivity index (χ4n) is 3.82. The van der Waals surface area contributed by atoms with Gasteiger partial charge in [0, 0.05) is 25.1 Å². The summed E-state index contributed by atoms with van der Waals surface area (Å²) >= 11 is 0. The fraction of sp³-hybridized carbons (Fsp3) is 0.348. The molecule has 31 heavy (non-hydrogen) atoms. The highest BCUT2D eigenvalue weighted by atomic mass is 16.7. The number of fused-ring (bicyclic) bond motifs is 1. The first-order chi connectivity index (χ1) is 15.0. The Balaban J connectivity index is 1.25. The number of likely N-dealkylation sites (tertiary alicyclic amines) is 1. The standard InChI is InChI=1S/C23H23N3O5/c1-14(2)30-18-6-4-16(5-7-18)22-24-23(31-25-22)17-10-21(27)26(12-17)11-15-3-8-19-20(9-15)29-13-28-19/h3-9,14,17H,10-13H2,1-2H3. The van der Waals surface area contributed by atoms with Crippen molar-refractivity contribution in [2.24, 2.45) is 0 Å². The Morgan fingerprint density at radius 2 is 1.94 bits per heavy atom. The predicted molar refractivity (Wildman–Crippen MR) is 111 cm³/mol. The average Bonchev–Trinajstić information content (AvgIpc) is 3.48. The molecule has 2 aliphatic rings. The number of amides is 1. The lowest BCUT2D eigenvalue weighted by atomic mass is 10.1. The summed E-state index contributed by atoms with van der Waals surface area (Å²) in [4.78, 5) is 18.9. The van der Waals surface area contributed by atoms with Crippen LogP contribution in [0, 0.1) is 0 Å². The molecule has 0 saturated carbocycles. The number of hydrogen-bond acceptors (Lipinski definition) is 7. The Bertz CT molecular complexity index is 1090. The molecule has 0 bridgehead atoms. The molecule has 2 aromatic carbocycles. The molecule has 0 spiro atoms. The minimum Gasteiger partial charge on any atom is -0.491 e. The van der Waals surface area contributed by atoms with E-state index in [1.54, 1.807) is 0 Å². The molecular formula is C23H23N3O5. The van der Waals surface area contributed by atoms with Gasteiger partial charge in [-0.3, -0.25) is 4.79 Å². The van der Waals surface area contributed by atoms with Crippen molar-refractivity contribution in [3.05, 3.63) is 53.9 Å². The third-order valence-electron chi connectivity index (χ3n) is 5.30. The molecular weight excluding hydrogens is 398 g/mol. The van der Waals surface area contributed by atoms with E-state index in [-0.39, 0.29) is 24.7 Å². The van der Waals surface area contributed by atoms with Crippen LogP contribution in [0.5, 0.6) is 17.2 Å². The number of aromatic nitrogens is 2. The van der Waals surface area contributed by atoms with Crippen molar-refractivity contribution in [2.75, 3.05) is 13.3 Å². The van der Waals surface area contributed by atoms with Gasteiger partial charge in [-0.25, -0.2) is 0 Å². The van der Waals surface area contributed by atoms with Crippen LogP contribution in [0.25, 0.3) is 11.4 Å². The largest absolute Gasteiger partial charge is 0.491 e. The number of carbonyl (C=O) groups is 1. The van der Waals surface area contributed by atoms with E-state index in [0.29, 0.717) is 37.0 Å². The van der Waals surface area contributed by atoms with Gasteiger partial charge >= 0.3 is 0 Å².